The third kappa shape index (κ3) is 5.55. The van der Waals surface area contributed by atoms with Gasteiger partial charge in [-0.2, -0.15) is 0 Å². The summed E-state index contributed by atoms with van der Waals surface area (Å²) in [5.74, 6) is 1.82. The molecular formula is C53H35N3OSi. The van der Waals surface area contributed by atoms with Crippen molar-refractivity contribution in [3.63, 3.8) is 0 Å². The van der Waals surface area contributed by atoms with E-state index in [1.807, 2.05) is 30.3 Å². The molecule has 0 saturated carbocycles. The molecule has 0 fully saturated rings. The Kier molecular flexibility index (Phi) is 8.12. The second-order valence-electron chi connectivity index (χ2n) is 14.7. The molecule has 272 valence electrons. The van der Waals surface area contributed by atoms with Gasteiger partial charge in [0, 0.05) is 27.5 Å². The Labute approximate surface area is 336 Å². The van der Waals surface area contributed by atoms with E-state index in [4.69, 9.17) is 19.4 Å². The monoisotopic (exact) mass is 757 g/mol. The second kappa shape index (κ2) is 13.9. The summed E-state index contributed by atoms with van der Waals surface area (Å²) in [6.07, 6.45) is 0. The first-order valence-corrected chi connectivity index (χ1v) is 21.6. The predicted octanol–water partition coefficient (Wildman–Crippen LogP) is 10.5. The van der Waals surface area contributed by atoms with Crippen molar-refractivity contribution in [1.29, 1.82) is 0 Å². The van der Waals surface area contributed by atoms with Crippen LogP contribution in [0, 0.1) is 0 Å². The fourth-order valence-corrected chi connectivity index (χ4v) is 13.6. The Balaban J connectivity index is 1.16. The van der Waals surface area contributed by atoms with Gasteiger partial charge in [-0.15, -0.1) is 0 Å². The molecule has 0 saturated heterocycles. The molecule has 58 heavy (non-hydrogen) atoms. The summed E-state index contributed by atoms with van der Waals surface area (Å²) in [5, 5.41) is 12.0. The topological polar surface area (TPSA) is 51.8 Å². The zero-order chi connectivity index (χ0) is 38.5. The molecule has 0 radical (unpaired) electrons. The van der Waals surface area contributed by atoms with Gasteiger partial charge >= 0.3 is 0 Å². The normalized spacial score (nSPS) is 11.8. The molecule has 5 heteroatoms. The summed E-state index contributed by atoms with van der Waals surface area (Å²) in [5.41, 5.74) is 4.38. The number of aromatic nitrogens is 3. The lowest BCUT2D eigenvalue weighted by molar-refractivity contribution is 0.669. The van der Waals surface area contributed by atoms with E-state index < -0.39 is 8.07 Å². The highest BCUT2D eigenvalue weighted by Gasteiger charge is 2.41. The minimum atomic E-state index is -2.81. The third-order valence-electron chi connectivity index (χ3n) is 11.5. The molecule has 0 atom stereocenters. The number of hydrogen-bond acceptors (Lipinski definition) is 4. The molecule has 0 spiro atoms. The van der Waals surface area contributed by atoms with Crippen LogP contribution in [0.5, 0.6) is 0 Å². The Morgan fingerprint density at radius 3 is 1.55 bits per heavy atom. The quantitative estimate of drug-likeness (QED) is 0.0923. The van der Waals surface area contributed by atoms with Gasteiger partial charge in [-0.1, -0.05) is 194 Å². The molecule has 11 rings (SSSR count). The van der Waals surface area contributed by atoms with Crippen molar-refractivity contribution in [2.75, 3.05) is 0 Å². The lowest BCUT2D eigenvalue weighted by atomic mass is 10.00. The second-order valence-corrected chi connectivity index (χ2v) is 18.5. The molecule has 11 aromatic rings. The van der Waals surface area contributed by atoms with Gasteiger partial charge in [0.05, 0.1) is 0 Å². The highest BCUT2D eigenvalue weighted by molar-refractivity contribution is 7.19. The molecule has 0 N–H and O–H groups in total. The van der Waals surface area contributed by atoms with Gasteiger partial charge in [-0.3, -0.25) is 0 Å². The van der Waals surface area contributed by atoms with Crippen LogP contribution in [0.25, 0.3) is 77.6 Å². The summed E-state index contributed by atoms with van der Waals surface area (Å²) >= 11 is 0. The minimum Gasteiger partial charge on any atom is -0.456 e. The van der Waals surface area contributed by atoms with Crippen molar-refractivity contribution in [1.82, 2.24) is 15.0 Å². The Morgan fingerprint density at radius 1 is 0.328 bits per heavy atom. The molecule has 0 aliphatic rings. The van der Waals surface area contributed by atoms with Crippen LogP contribution in [0.2, 0.25) is 0 Å². The fourth-order valence-electron chi connectivity index (χ4n) is 8.82. The summed E-state index contributed by atoms with van der Waals surface area (Å²) in [7, 11) is -2.81. The van der Waals surface area contributed by atoms with Crippen molar-refractivity contribution in [3.05, 3.63) is 212 Å². The van der Waals surface area contributed by atoms with E-state index in [2.05, 4.69) is 182 Å². The average molecular weight is 758 g/mol. The number of rotatable bonds is 7. The van der Waals surface area contributed by atoms with Crippen LogP contribution in [0.3, 0.4) is 0 Å². The van der Waals surface area contributed by atoms with E-state index in [0.29, 0.717) is 17.5 Å². The Hall–Kier alpha value is -7.47. The first-order chi connectivity index (χ1) is 28.7. The zero-order valence-corrected chi connectivity index (χ0v) is 32.5. The highest BCUT2D eigenvalue weighted by Crippen LogP contribution is 2.37. The van der Waals surface area contributed by atoms with E-state index in [1.54, 1.807) is 0 Å². The third-order valence-corrected chi connectivity index (χ3v) is 16.2. The molecule has 2 aromatic heterocycles. The van der Waals surface area contributed by atoms with E-state index in [-0.39, 0.29) is 0 Å². The van der Waals surface area contributed by atoms with Crippen LogP contribution in [-0.2, 0) is 0 Å². The van der Waals surface area contributed by atoms with E-state index in [1.165, 1.54) is 36.9 Å². The molecule has 4 nitrogen and oxygen atoms in total. The van der Waals surface area contributed by atoms with E-state index in [9.17, 15) is 0 Å². The molecule has 9 aromatic carbocycles. The summed E-state index contributed by atoms with van der Waals surface area (Å²) in [4.78, 5) is 15.9. The van der Waals surface area contributed by atoms with Gasteiger partial charge in [-0.05, 0) is 60.5 Å². The van der Waals surface area contributed by atoms with Crippen LogP contribution in [0.1, 0.15) is 0 Å². The van der Waals surface area contributed by atoms with Gasteiger partial charge in [0.25, 0.3) is 0 Å². The lowest BCUT2D eigenvalue weighted by Gasteiger charge is -2.34. The number of para-hydroxylation sites is 1. The lowest BCUT2D eigenvalue weighted by Crippen LogP contribution is -2.74. The van der Waals surface area contributed by atoms with Gasteiger partial charge < -0.3 is 4.42 Å². The molecule has 0 aliphatic carbocycles. The van der Waals surface area contributed by atoms with E-state index in [0.717, 1.165) is 44.0 Å². The van der Waals surface area contributed by atoms with Crippen LogP contribution >= 0.6 is 0 Å². The van der Waals surface area contributed by atoms with E-state index >= 15 is 0 Å². The zero-order valence-electron chi connectivity index (χ0n) is 31.5. The van der Waals surface area contributed by atoms with Crippen molar-refractivity contribution in [2.45, 2.75) is 0 Å². The number of fused-ring (bicyclic) bond motifs is 6. The summed E-state index contributed by atoms with van der Waals surface area (Å²) < 4.78 is 6.34. The fraction of sp³-hybridized carbons (Fsp3) is 0. The number of nitrogens with zero attached hydrogens (tertiary/aromatic N) is 3. The van der Waals surface area contributed by atoms with Gasteiger partial charge in [-0.25, -0.2) is 15.0 Å². The number of furan rings is 1. The maximum absolute atomic E-state index is 6.34. The van der Waals surface area contributed by atoms with Crippen LogP contribution in [-0.4, -0.2) is 23.0 Å². The molecule has 2 heterocycles. The highest BCUT2D eigenvalue weighted by atomic mass is 28.3. The number of benzene rings is 9. The smallest absolute Gasteiger partial charge is 0.179 e. The van der Waals surface area contributed by atoms with Crippen LogP contribution < -0.4 is 20.7 Å². The van der Waals surface area contributed by atoms with Gasteiger partial charge in [0.15, 0.2) is 25.5 Å². The average Bonchev–Trinajstić information content (AvgIpc) is 3.69. The largest absolute Gasteiger partial charge is 0.456 e. The summed E-state index contributed by atoms with van der Waals surface area (Å²) in [6.45, 7) is 0. The van der Waals surface area contributed by atoms with Gasteiger partial charge in [0.1, 0.15) is 11.2 Å². The van der Waals surface area contributed by atoms with Crippen molar-refractivity contribution >= 4 is 72.3 Å². The van der Waals surface area contributed by atoms with Gasteiger partial charge in [0.2, 0.25) is 0 Å². The minimum absolute atomic E-state index is 0.596. The number of hydrogen-bond donors (Lipinski definition) is 0. The van der Waals surface area contributed by atoms with Crippen molar-refractivity contribution < 1.29 is 4.42 Å². The summed E-state index contributed by atoms with van der Waals surface area (Å²) in [6, 6.07) is 75.6. The van der Waals surface area contributed by atoms with Crippen molar-refractivity contribution in [3.8, 4) is 34.2 Å². The van der Waals surface area contributed by atoms with Crippen LogP contribution in [0.4, 0.5) is 0 Å². The Bertz CT molecular complexity index is 3190. The maximum Gasteiger partial charge on any atom is 0.179 e. The molecule has 0 unspecified atom stereocenters. The first-order valence-electron chi connectivity index (χ1n) is 19.6. The molecular weight excluding hydrogens is 723 g/mol. The molecule has 0 amide bonds. The molecule has 0 aliphatic heterocycles. The van der Waals surface area contributed by atoms with Crippen LogP contribution in [0.15, 0.2) is 217 Å². The Morgan fingerprint density at radius 2 is 0.845 bits per heavy atom. The SMILES string of the molecule is c1ccc([Si](c2ccccc2)(c2ccccc2)c2cccc(-c3nc(-c4ccc5c(ccc6ccccc65)c4)nc(-c4cccc5oc6ccccc6c45)n3)c2)cc1. The molecule has 0 bridgehead atoms. The maximum atomic E-state index is 6.34. The standard InChI is InChI=1S/C53H35N3OSi/c1-4-18-40(19-5-1)58(41-20-6-2-7-21-41,42-22-8-3-9-23-42)43-24-14-17-38(35-43)51-54-52(39-32-33-45-37(34-39)31-30-36-16-10-11-25-44(36)45)56-53(55-51)47-27-15-29-49-50(47)46-26-12-13-28-48(46)57-49/h1-35H. The first kappa shape index (κ1) is 33.8. The van der Waals surface area contributed by atoms with Crippen molar-refractivity contribution in [2.24, 2.45) is 0 Å². The predicted molar refractivity (Wildman–Crippen MR) is 242 cm³/mol.